The molecule has 30 heavy (non-hydrogen) atoms. The first-order valence-electron chi connectivity index (χ1n) is 10.8. The van der Waals surface area contributed by atoms with Crippen LogP contribution in [0.25, 0.3) is 5.57 Å². The molecule has 0 aromatic heterocycles. The molecule has 0 spiro atoms. The molecule has 1 aliphatic rings. The summed E-state index contributed by atoms with van der Waals surface area (Å²) in [4.78, 5) is 0. The van der Waals surface area contributed by atoms with Gasteiger partial charge in [0.15, 0.2) is 0 Å². The lowest BCUT2D eigenvalue weighted by Gasteiger charge is -2.28. The third-order valence-electron chi connectivity index (χ3n) is 5.64. The van der Waals surface area contributed by atoms with Crippen LogP contribution in [0.4, 0.5) is 0 Å². The van der Waals surface area contributed by atoms with Crippen LogP contribution in [0.5, 0.6) is 0 Å². The van der Waals surface area contributed by atoms with Gasteiger partial charge in [0.2, 0.25) is 0 Å². The maximum Gasteiger partial charge on any atom is 0.00739 e. The van der Waals surface area contributed by atoms with Gasteiger partial charge in [-0.3, -0.25) is 0 Å². The Morgan fingerprint density at radius 3 is 2.67 bits per heavy atom. The number of fused-ring (bicyclic) bond motifs is 1. The lowest BCUT2D eigenvalue weighted by molar-refractivity contribution is 0.821. The fraction of sp³-hybridized carbons (Fsp3) is 0.241. The van der Waals surface area contributed by atoms with Gasteiger partial charge >= 0.3 is 0 Å². The van der Waals surface area contributed by atoms with E-state index in [-0.39, 0.29) is 0 Å². The topological polar surface area (TPSA) is 12.0 Å². The third-order valence-corrected chi connectivity index (χ3v) is 5.64. The normalized spacial score (nSPS) is 16.4. The monoisotopic (exact) mass is 395 g/mol. The molecule has 0 heterocycles. The van der Waals surface area contributed by atoms with Gasteiger partial charge in [0, 0.05) is 19.2 Å². The van der Waals surface area contributed by atoms with Crippen molar-refractivity contribution in [1.82, 2.24) is 5.32 Å². The zero-order chi connectivity index (χ0) is 21.5. The minimum absolute atomic E-state index is 0.302. The lowest BCUT2D eigenvalue weighted by atomic mass is 9.76. The molecular formula is C29H33N. The molecule has 0 aliphatic heterocycles. The van der Waals surface area contributed by atoms with E-state index < -0.39 is 0 Å². The summed E-state index contributed by atoms with van der Waals surface area (Å²) in [6.07, 6.45) is 12.0. The number of unbranched alkanes of at least 4 members (excludes halogenated alkanes) is 1. The Kier molecular flexibility index (Phi) is 7.30. The Morgan fingerprint density at radius 1 is 1.13 bits per heavy atom. The first-order chi connectivity index (χ1) is 14.5. The van der Waals surface area contributed by atoms with E-state index in [1.165, 1.54) is 22.3 Å². The molecule has 1 nitrogen and oxygen atoms in total. The molecule has 0 bridgehead atoms. The number of rotatable bonds is 8. The maximum atomic E-state index is 4.47. The van der Waals surface area contributed by atoms with Crippen LogP contribution in [-0.4, -0.2) is 7.05 Å². The number of hydrogen-bond acceptors (Lipinski definition) is 1. The van der Waals surface area contributed by atoms with Crippen LogP contribution in [0.3, 0.4) is 0 Å². The van der Waals surface area contributed by atoms with Gasteiger partial charge in [0.25, 0.3) is 0 Å². The summed E-state index contributed by atoms with van der Waals surface area (Å²) >= 11 is 0. The van der Waals surface area contributed by atoms with Gasteiger partial charge in [-0.25, -0.2) is 0 Å². The summed E-state index contributed by atoms with van der Waals surface area (Å²) in [5, 5.41) is 3.17. The molecule has 3 rings (SSSR count). The summed E-state index contributed by atoms with van der Waals surface area (Å²) in [6, 6.07) is 17.5. The summed E-state index contributed by atoms with van der Waals surface area (Å²) in [6.45, 7) is 13.3. The highest BCUT2D eigenvalue weighted by molar-refractivity contribution is 5.88. The van der Waals surface area contributed by atoms with E-state index in [1.807, 2.05) is 13.2 Å². The molecule has 1 N–H and O–H groups in total. The van der Waals surface area contributed by atoms with Crippen molar-refractivity contribution in [3.8, 4) is 0 Å². The number of aryl methyl sites for hydroxylation is 1. The van der Waals surface area contributed by atoms with Gasteiger partial charge in [0.1, 0.15) is 0 Å². The van der Waals surface area contributed by atoms with Crippen molar-refractivity contribution in [3.63, 3.8) is 0 Å². The van der Waals surface area contributed by atoms with Gasteiger partial charge in [-0.2, -0.15) is 0 Å². The predicted molar refractivity (Wildman–Crippen MR) is 132 cm³/mol. The van der Waals surface area contributed by atoms with Crippen molar-refractivity contribution >= 4 is 5.57 Å². The van der Waals surface area contributed by atoms with E-state index in [9.17, 15) is 0 Å². The SMILES string of the molecule is C=C(C1=CC(Cc2cccc(C)c2)c2ccccc2C1=C)C(/C=C\CCC)=C/NC. The second kappa shape index (κ2) is 10.1. The average Bonchev–Trinajstić information content (AvgIpc) is 2.75. The van der Waals surface area contributed by atoms with Crippen molar-refractivity contribution in [1.29, 1.82) is 0 Å². The van der Waals surface area contributed by atoms with E-state index in [1.54, 1.807) is 0 Å². The first-order valence-corrected chi connectivity index (χ1v) is 10.8. The number of nitrogens with one attached hydrogen (secondary N) is 1. The smallest absolute Gasteiger partial charge is 0.00739 e. The quantitative estimate of drug-likeness (QED) is 0.463. The lowest BCUT2D eigenvalue weighted by Crippen LogP contribution is -2.12. The number of hydrogen-bond donors (Lipinski definition) is 1. The van der Waals surface area contributed by atoms with Crippen molar-refractivity contribution < 1.29 is 0 Å². The molecule has 154 valence electrons. The van der Waals surface area contributed by atoms with Crippen LogP contribution in [-0.2, 0) is 6.42 Å². The zero-order valence-electron chi connectivity index (χ0n) is 18.5. The van der Waals surface area contributed by atoms with E-state index in [0.29, 0.717) is 5.92 Å². The Morgan fingerprint density at radius 2 is 1.93 bits per heavy atom. The highest BCUT2D eigenvalue weighted by atomic mass is 14.8. The summed E-state index contributed by atoms with van der Waals surface area (Å²) in [5.41, 5.74) is 9.57. The largest absolute Gasteiger partial charge is 0.393 e. The molecule has 0 radical (unpaired) electrons. The molecule has 1 atom stereocenters. The van der Waals surface area contributed by atoms with Crippen molar-refractivity contribution in [2.45, 2.75) is 39.0 Å². The fourth-order valence-corrected chi connectivity index (χ4v) is 4.10. The van der Waals surface area contributed by atoms with Gasteiger partial charge < -0.3 is 5.32 Å². The van der Waals surface area contributed by atoms with E-state index in [0.717, 1.165) is 41.6 Å². The number of benzene rings is 2. The van der Waals surface area contributed by atoms with Crippen LogP contribution >= 0.6 is 0 Å². The van der Waals surface area contributed by atoms with E-state index >= 15 is 0 Å². The molecular weight excluding hydrogens is 362 g/mol. The summed E-state index contributed by atoms with van der Waals surface area (Å²) in [5.74, 6) is 0.302. The fourth-order valence-electron chi connectivity index (χ4n) is 4.10. The Balaban J connectivity index is 2.00. The van der Waals surface area contributed by atoms with Crippen LogP contribution in [0.15, 0.2) is 103 Å². The Hall–Kier alpha value is -3.06. The highest BCUT2D eigenvalue weighted by Gasteiger charge is 2.25. The van der Waals surface area contributed by atoms with Gasteiger partial charge in [-0.15, -0.1) is 0 Å². The van der Waals surface area contributed by atoms with Crippen LogP contribution < -0.4 is 5.32 Å². The molecule has 0 fully saturated rings. The van der Waals surface area contributed by atoms with Crippen molar-refractivity contribution in [3.05, 3.63) is 125 Å². The molecule has 2 aromatic carbocycles. The third kappa shape index (κ3) is 4.91. The molecule has 1 heteroatoms. The van der Waals surface area contributed by atoms with Gasteiger partial charge in [0.05, 0.1) is 0 Å². The average molecular weight is 396 g/mol. The Labute approximate surface area is 182 Å². The van der Waals surface area contributed by atoms with Crippen molar-refractivity contribution in [2.75, 3.05) is 7.05 Å². The minimum atomic E-state index is 0.302. The molecule has 0 amide bonds. The van der Waals surface area contributed by atoms with E-state index in [2.05, 4.69) is 99.1 Å². The maximum absolute atomic E-state index is 4.47. The van der Waals surface area contributed by atoms with Crippen LogP contribution in [0, 0.1) is 6.92 Å². The zero-order valence-corrected chi connectivity index (χ0v) is 18.5. The van der Waals surface area contributed by atoms with Crippen molar-refractivity contribution in [2.24, 2.45) is 0 Å². The van der Waals surface area contributed by atoms with Gasteiger partial charge in [-0.05, 0) is 58.7 Å². The molecule has 1 unspecified atom stereocenters. The minimum Gasteiger partial charge on any atom is -0.393 e. The molecule has 0 saturated heterocycles. The van der Waals surface area contributed by atoms with Gasteiger partial charge in [-0.1, -0.05) is 98.8 Å². The highest BCUT2D eigenvalue weighted by Crippen LogP contribution is 2.42. The molecule has 0 saturated carbocycles. The standard InChI is InChI=1S/C29H33N/c1-6-7-8-14-25(20-30-5)22(3)29-19-26(18-24-13-11-12-21(2)17-24)28-16-10-9-15-27(28)23(29)4/h8-17,19-20,26,30H,3-4,6-7,18H2,1-2,5H3/b14-8-,25-20+. The van der Waals surface area contributed by atoms with E-state index in [4.69, 9.17) is 0 Å². The molecule has 1 aliphatic carbocycles. The predicted octanol–water partition coefficient (Wildman–Crippen LogP) is 7.29. The number of allylic oxidation sites excluding steroid dienone is 7. The summed E-state index contributed by atoms with van der Waals surface area (Å²) < 4.78 is 0. The van der Waals surface area contributed by atoms with Crippen LogP contribution in [0.1, 0.15) is 47.9 Å². The van der Waals surface area contributed by atoms with Crippen LogP contribution in [0.2, 0.25) is 0 Å². The summed E-state index contributed by atoms with van der Waals surface area (Å²) in [7, 11) is 1.93. The molecule has 2 aromatic rings. The second-order valence-electron chi connectivity index (χ2n) is 8.00. The second-order valence-corrected chi connectivity index (χ2v) is 8.00. The first kappa shape index (κ1) is 21.6. The Bertz CT molecular complexity index is 1020.